The number of nitrogen functional groups attached to an aromatic ring is 1. The number of amides is 1. The zero-order valence-electron chi connectivity index (χ0n) is 10.4. The highest BCUT2D eigenvalue weighted by Crippen LogP contribution is 2.30. The van der Waals surface area contributed by atoms with Crippen LogP contribution in [-0.2, 0) is 4.79 Å². The van der Waals surface area contributed by atoms with Gasteiger partial charge in [0.05, 0.1) is 15.7 Å². The molecule has 0 aliphatic carbocycles. The molecule has 0 saturated carbocycles. The topological polar surface area (TPSA) is 68.0 Å². The number of benzene rings is 1. The van der Waals surface area contributed by atoms with Crippen molar-refractivity contribution in [1.82, 2.24) is 4.98 Å². The predicted octanol–water partition coefficient (Wildman–Crippen LogP) is 3.04. The monoisotopic (exact) mass is 315 g/mol. The first kappa shape index (κ1) is 14.7. The number of nitrogens with zero attached hydrogens (tertiary/aromatic N) is 1. The Bertz CT molecular complexity index is 625. The molecule has 0 bridgehead atoms. The van der Waals surface area contributed by atoms with Crippen molar-refractivity contribution in [2.45, 2.75) is 11.1 Å². The van der Waals surface area contributed by atoms with Crippen molar-refractivity contribution in [1.29, 1.82) is 0 Å². The van der Waals surface area contributed by atoms with Crippen LogP contribution in [0.2, 0.25) is 0 Å². The molecular formula is C12H11F2N3OS2. The van der Waals surface area contributed by atoms with E-state index in [1.165, 1.54) is 23.1 Å². The first-order valence-electron chi connectivity index (χ1n) is 5.55. The van der Waals surface area contributed by atoms with Gasteiger partial charge in [-0.15, -0.1) is 11.8 Å². The normalized spacial score (nSPS) is 10.6. The van der Waals surface area contributed by atoms with Crippen molar-refractivity contribution in [3.63, 3.8) is 0 Å². The van der Waals surface area contributed by atoms with E-state index in [-0.39, 0.29) is 17.3 Å². The standard InChI is InChI=1S/C12H11F2N3OS2/c1-6-11(20-12(15)16-6)19-5-10(18)17-9-3-7(13)2-8(14)4-9/h2-4H,5H2,1H3,(H2,15,16)(H,17,18). The second kappa shape index (κ2) is 6.19. The van der Waals surface area contributed by atoms with Gasteiger partial charge in [0.25, 0.3) is 0 Å². The van der Waals surface area contributed by atoms with Crippen molar-refractivity contribution < 1.29 is 13.6 Å². The summed E-state index contributed by atoms with van der Waals surface area (Å²) < 4.78 is 26.8. The summed E-state index contributed by atoms with van der Waals surface area (Å²) in [6, 6.07) is 2.86. The van der Waals surface area contributed by atoms with Gasteiger partial charge < -0.3 is 11.1 Å². The molecule has 1 aromatic carbocycles. The third-order valence-corrected chi connectivity index (χ3v) is 4.60. The summed E-state index contributed by atoms with van der Waals surface area (Å²) in [5, 5.41) is 2.88. The van der Waals surface area contributed by atoms with Gasteiger partial charge >= 0.3 is 0 Å². The summed E-state index contributed by atoms with van der Waals surface area (Å²) in [5.74, 6) is -1.72. The molecular weight excluding hydrogens is 304 g/mol. The molecule has 20 heavy (non-hydrogen) atoms. The van der Waals surface area contributed by atoms with Crippen LogP contribution in [0.5, 0.6) is 0 Å². The number of hydrogen-bond donors (Lipinski definition) is 2. The molecule has 0 fully saturated rings. The first-order valence-corrected chi connectivity index (χ1v) is 7.36. The average molecular weight is 315 g/mol. The van der Waals surface area contributed by atoms with E-state index < -0.39 is 11.6 Å². The summed E-state index contributed by atoms with van der Waals surface area (Å²) >= 11 is 2.58. The van der Waals surface area contributed by atoms with Crippen LogP contribution in [0.4, 0.5) is 19.6 Å². The summed E-state index contributed by atoms with van der Waals surface area (Å²) in [6.45, 7) is 1.80. The van der Waals surface area contributed by atoms with Gasteiger partial charge in [0, 0.05) is 11.8 Å². The van der Waals surface area contributed by atoms with Crippen LogP contribution in [0.25, 0.3) is 0 Å². The molecule has 0 aliphatic rings. The molecule has 0 unspecified atom stereocenters. The number of aryl methyl sites for hydroxylation is 1. The van der Waals surface area contributed by atoms with E-state index in [9.17, 15) is 13.6 Å². The van der Waals surface area contributed by atoms with Crippen LogP contribution in [-0.4, -0.2) is 16.6 Å². The Labute approximate surface area is 122 Å². The minimum Gasteiger partial charge on any atom is -0.375 e. The summed E-state index contributed by atoms with van der Waals surface area (Å²) in [7, 11) is 0. The van der Waals surface area contributed by atoms with Crippen molar-refractivity contribution >= 4 is 39.8 Å². The molecule has 1 aromatic heterocycles. The Morgan fingerprint density at radius 1 is 1.40 bits per heavy atom. The fourth-order valence-electron chi connectivity index (χ4n) is 1.49. The van der Waals surface area contributed by atoms with E-state index in [4.69, 9.17) is 5.73 Å². The van der Waals surface area contributed by atoms with Crippen LogP contribution < -0.4 is 11.1 Å². The molecule has 8 heteroatoms. The number of aromatic nitrogens is 1. The van der Waals surface area contributed by atoms with Crippen molar-refractivity contribution in [3.8, 4) is 0 Å². The Hall–Kier alpha value is -1.67. The zero-order chi connectivity index (χ0) is 14.7. The number of hydrogen-bond acceptors (Lipinski definition) is 5. The number of rotatable bonds is 4. The molecule has 0 atom stereocenters. The average Bonchev–Trinajstić information content (AvgIpc) is 2.64. The molecule has 0 radical (unpaired) electrons. The summed E-state index contributed by atoms with van der Waals surface area (Å²) in [4.78, 5) is 15.7. The van der Waals surface area contributed by atoms with E-state index in [1.807, 2.05) is 0 Å². The van der Waals surface area contributed by atoms with Crippen LogP contribution >= 0.6 is 23.1 Å². The highest BCUT2D eigenvalue weighted by atomic mass is 32.2. The second-order valence-electron chi connectivity index (χ2n) is 3.92. The number of thioether (sulfide) groups is 1. The summed E-state index contributed by atoms with van der Waals surface area (Å²) in [5.41, 5.74) is 6.41. The first-order chi connectivity index (χ1) is 9.44. The van der Waals surface area contributed by atoms with E-state index in [0.29, 0.717) is 5.13 Å². The highest BCUT2D eigenvalue weighted by Gasteiger charge is 2.10. The molecule has 1 amide bonds. The lowest BCUT2D eigenvalue weighted by Crippen LogP contribution is -2.14. The third-order valence-electron chi connectivity index (χ3n) is 2.25. The van der Waals surface area contributed by atoms with Gasteiger partial charge in [0.15, 0.2) is 5.13 Å². The van der Waals surface area contributed by atoms with Gasteiger partial charge in [0.2, 0.25) is 5.91 Å². The summed E-state index contributed by atoms with van der Waals surface area (Å²) in [6.07, 6.45) is 0. The van der Waals surface area contributed by atoms with Crippen molar-refractivity contribution in [2.75, 3.05) is 16.8 Å². The number of thiazole rings is 1. The number of anilines is 2. The largest absolute Gasteiger partial charge is 0.375 e. The molecule has 2 rings (SSSR count). The Morgan fingerprint density at radius 3 is 2.60 bits per heavy atom. The molecule has 106 valence electrons. The van der Waals surface area contributed by atoms with E-state index in [1.54, 1.807) is 6.92 Å². The Kier molecular flexibility index (Phi) is 4.56. The van der Waals surface area contributed by atoms with Crippen LogP contribution in [0, 0.1) is 18.6 Å². The Morgan fingerprint density at radius 2 is 2.05 bits per heavy atom. The van der Waals surface area contributed by atoms with Crippen molar-refractivity contribution in [3.05, 3.63) is 35.5 Å². The van der Waals surface area contributed by atoms with Crippen LogP contribution in [0.15, 0.2) is 22.4 Å². The molecule has 0 spiro atoms. The molecule has 3 N–H and O–H groups in total. The van der Waals surface area contributed by atoms with Gasteiger partial charge in [-0.25, -0.2) is 13.8 Å². The third kappa shape index (κ3) is 3.91. The van der Waals surface area contributed by atoms with E-state index in [0.717, 1.165) is 28.1 Å². The highest BCUT2D eigenvalue weighted by molar-refractivity contribution is 8.01. The maximum Gasteiger partial charge on any atom is 0.234 e. The number of halogens is 2. The van der Waals surface area contributed by atoms with Crippen LogP contribution in [0.1, 0.15) is 5.69 Å². The van der Waals surface area contributed by atoms with Crippen LogP contribution in [0.3, 0.4) is 0 Å². The van der Waals surface area contributed by atoms with Gasteiger partial charge in [-0.3, -0.25) is 4.79 Å². The van der Waals surface area contributed by atoms with Gasteiger partial charge in [-0.1, -0.05) is 11.3 Å². The van der Waals surface area contributed by atoms with Gasteiger partial charge in [-0.05, 0) is 19.1 Å². The second-order valence-corrected chi connectivity index (χ2v) is 6.19. The smallest absolute Gasteiger partial charge is 0.234 e. The Balaban J connectivity index is 1.94. The van der Waals surface area contributed by atoms with Gasteiger partial charge in [0.1, 0.15) is 11.6 Å². The maximum absolute atomic E-state index is 13.0. The SMILES string of the molecule is Cc1nc(N)sc1SCC(=O)Nc1cc(F)cc(F)c1. The predicted molar refractivity (Wildman–Crippen MR) is 77.0 cm³/mol. The lowest BCUT2D eigenvalue weighted by atomic mass is 10.3. The minimum absolute atomic E-state index is 0.0913. The van der Waals surface area contributed by atoms with E-state index >= 15 is 0 Å². The molecule has 1 heterocycles. The number of carbonyl (C=O) groups is 1. The van der Waals surface area contributed by atoms with Crippen molar-refractivity contribution in [2.24, 2.45) is 0 Å². The lowest BCUT2D eigenvalue weighted by Gasteiger charge is -2.05. The molecule has 2 aromatic rings. The maximum atomic E-state index is 13.0. The number of nitrogens with two attached hydrogens (primary N) is 1. The number of carbonyl (C=O) groups excluding carboxylic acids is 1. The minimum atomic E-state index is -0.737. The molecule has 0 saturated heterocycles. The quantitative estimate of drug-likeness (QED) is 0.851. The number of nitrogens with one attached hydrogen (secondary N) is 1. The molecule has 0 aliphatic heterocycles. The fourth-order valence-corrected chi connectivity index (χ4v) is 3.31. The van der Waals surface area contributed by atoms with Gasteiger partial charge in [-0.2, -0.15) is 0 Å². The lowest BCUT2D eigenvalue weighted by molar-refractivity contribution is -0.113. The zero-order valence-corrected chi connectivity index (χ0v) is 12.1. The molecule has 4 nitrogen and oxygen atoms in total. The fraction of sp³-hybridized carbons (Fsp3) is 0.167. The van der Waals surface area contributed by atoms with E-state index in [2.05, 4.69) is 10.3 Å².